The molecule has 2 rings (SSSR count). The molecule has 0 fully saturated rings. The Morgan fingerprint density at radius 1 is 1.35 bits per heavy atom. The Morgan fingerprint density at radius 2 is 2.25 bits per heavy atom. The highest BCUT2D eigenvalue weighted by molar-refractivity contribution is 5.19. The highest BCUT2D eigenvalue weighted by Gasteiger charge is 2.08. The van der Waals surface area contributed by atoms with Gasteiger partial charge in [-0.2, -0.15) is 0 Å². The summed E-state index contributed by atoms with van der Waals surface area (Å²) in [4.78, 5) is 4.02. The van der Waals surface area contributed by atoms with E-state index in [2.05, 4.69) is 21.8 Å². The van der Waals surface area contributed by atoms with E-state index in [1.54, 1.807) is 18.3 Å². The zero-order chi connectivity index (χ0) is 14.2. The lowest BCUT2D eigenvalue weighted by atomic mass is 10.0. The van der Waals surface area contributed by atoms with E-state index in [9.17, 15) is 4.39 Å². The van der Waals surface area contributed by atoms with Gasteiger partial charge in [0.2, 0.25) is 0 Å². The Labute approximate surface area is 119 Å². The van der Waals surface area contributed by atoms with Crippen molar-refractivity contribution in [3.05, 3.63) is 54.4 Å². The number of halogens is 1. The maximum atomic E-state index is 13.2. The number of nitrogens with zero attached hydrogens (tertiary/aromatic N) is 2. The van der Waals surface area contributed by atoms with Crippen LogP contribution in [-0.4, -0.2) is 16.1 Å². The largest absolute Gasteiger partial charge is 0.337 e. The summed E-state index contributed by atoms with van der Waals surface area (Å²) in [6.07, 6.45) is 8.80. The van der Waals surface area contributed by atoms with Crippen LogP contribution in [-0.2, 0) is 6.54 Å². The zero-order valence-corrected chi connectivity index (χ0v) is 11.9. The number of nitrogens with one attached hydrogen (secondary N) is 1. The number of imidazole rings is 1. The van der Waals surface area contributed by atoms with Crippen LogP contribution in [0.4, 0.5) is 4.39 Å². The number of aryl methyl sites for hydroxylation is 1. The number of rotatable bonds is 8. The molecule has 20 heavy (non-hydrogen) atoms. The molecule has 0 aliphatic rings. The molecule has 0 spiro atoms. The van der Waals surface area contributed by atoms with Crippen LogP contribution in [0.2, 0.25) is 0 Å². The fraction of sp³-hybridized carbons (Fsp3) is 0.438. The third-order valence-electron chi connectivity index (χ3n) is 3.45. The summed E-state index contributed by atoms with van der Waals surface area (Å²) in [5.74, 6) is -0.164. The first kappa shape index (κ1) is 14.7. The summed E-state index contributed by atoms with van der Waals surface area (Å²) in [7, 11) is 0. The lowest BCUT2D eigenvalue weighted by molar-refractivity contribution is 0.488. The molecule has 1 atom stereocenters. The van der Waals surface area contributed by atoms with Gasteiger partial charge in [0.05, 0.1) is 6.33 Å². The van der Waals surface area contributed by atoms with E-state index in [-0.39, 0.29) is 11.9 Å². The quantitative estimate of drug-likeness (QED) is 0.747. The third kappa shape index (κ3) is 4.46. The van der Waals surface area contributed by atoms with Gasteiger partial charge in [-0.25, -0.2) is 9.37 Å². The molecule has 3 nitrogen and oxygen atoms in total. The van der Waals surface area contributed by atoms with E-state index in [1.807, 2.05) is 18.6 Å². The Bertz CT molecular complexity index is 496. The maximum Gasteiger partial charge on any atom is 0.123 e. The second-order valence-electron chi connectivity index (χ2n) is 4.98. The molecule has 0 amide bonds. The summed E-state index contributed by atoms with van der Waals surface area (Å²) < 4.78 is 15.3. The van der Waals surface area contributed by atoms with Crippen LogP contribution in [0.3, 0.4) is 0 Å². The Hall–Kier alpha value is -1.68. The number of benzene rings is 1. The topological polar surface area (TPSA) is 29.9 Å². The van der Waals surface area contributed by atoms with Crippen molar-refractivity contribution < 1.29 is 4.39 Å². The van der Waals surface area contributed by atoms with Crippen molar-refractivity contribution in [2.75, 3.05) is 6.54 Å². The van der Waals surface area contributed by atoms with Gasteiger partial charge in [-0.05, 0) is 43.5 Å². The minimum atomic E-state index is -0.164. The number of unbranched alkanes of at least 4 members (excludes halogenated alkanes) is 1. The first-order valence-electron chi connectivity index (χ1n) is 7.24. The standard InChI is InChI=1S/C16H22FN3/c1-2-16(14-6-5-7-15(17)12-14)19-8-3-4-10-20-11-9-18-13-20/h5-7,9,11-13,16,19H,2-4,8,10H2,1H3. The summed E-state index contributed by atoms with van der Waals surface area (Å²) in [5, 5.41) is 3.50. The SMILES string of the molecule is CCC(NCCCCn1ccnc1)c1cccc(F)c1. The molecule has 0 saturated heterocycles. The average molecular weight is 275 g/mol. The molecule has 1 unspecified atom stereocenters. The second-order valence-corrected chi connectivity index (χ2v) is 4.98. The van der Waals surface area contributed by atoms with Crippen molar-refractivity contribution in [1.29, 1.82) is 0 Å². The lowest BCUT2D eigenvalue weighted by Gasteiger charge is -2.17. The average Bonchev–Trinajstić information content (AvgIpc) is 2.96. The number of hydrogen-bond acceptors (Lipinski definition) is 2. The number of hydrogen-bond donors (Lipinski definition) is 1. The third-order valence-corrected chi connectivity index (χ3v) is 3.45. The van der Waals surface area contributed by atoms with Crippen LogP contribution in [0.5, 0.6) is 0 Å². The smallest absolute Gasteiger partial charge is 0.123 e. The first-order valence-corrected chi connectivity index (χ1v) is 7.24. The van der Waals surface area contributed by atoms with Crippen molar-refractivity contribution in [2.45, 2.75) is 38.8 Å². The predicted octanol–water partition coefficient (Wildman–Crippen LogP) is 3.54. The molecular formula is C16H22FN3. The minimum absolute atomic E-state index is 0.164. The van der Waals surface area contributed by atoms with E-state index in [4.69, 9.17) is 0 Å². The molecular weight excluding hydrogens is 253 g/mol. The minimum Gasteiger partial charge on any atom is -0.337 e. The van der Waals surface area contributed by atoms with E-state index in [0.717, 1.165) is 37.9 Å². The molecule has 0 aliphatic heterocycles. The van der Waals surface area contributed by atoms with E-state index < -0.39 is 0 Å². The summed E-state index contributed by atoms with van der Waals surface area (Å²) in [6.45, 7) is 4.07. The van der Waals surface area contributed by atoms with Crippen LogP contribution in [0.25, 0.3) is 0 Å². The van der Waals surface area contributed by atoms with Gasteiger partial charge < -0.3 is 9.88 Å². The van der Waals surface area contributed by atoms with Gasteiger partial charge in [-0.1, -0.05) is 19.1 Å². The van der Waals surface area contributed by atoms with Crippen molar-refractivity contribution >= 4 is 0 Å². The summed E-state index contributed by atoms with van der Waals surface area (Å²) in [6, 6.07) is 7.09. The van der Waals surface area contributed by atoms with Crippen molar-refractivity contribution in [2.24, 2.45) is 0 Å². The predicted molar refractivity (Wildman–Crippen MR) is 78.9 cm³/mol. The lowest BCUT2D eigenvalue weighted by Crippen LogP contribution is -2.22. The molecule has 108 valence electrons. The van der Waals surface area contributed by atoms with Crippen LogP contribution in [0, 0.1) is 5.82 Å². The Morgan fingerprint density at radius 3 is 2.95 bits per heavy atom. The molecule has 0 bridgehead atoms. The molecule has 1 aromatic heterocycles. The van der Waals surface area contributed by atoms with Crippen LogP contribution >= 0.6 is 0 Å². The molecule has 1 N–H and O–H groups in total. The highest BCUT2D eigenvalue weighted by Crippen LogP contribution is 2.17. The summed E-state index contributed by atoms with van der Waals surface area (Å²) >= 11 is 0. The normalized spacial score (nSPS) is 12.5. The van der Waals surface area contributed by atoms with Gasteiger partial charge in [-0.15, -0.1) is 0 Å². The van der Waals surface area contributed by atoms with Crippen molar-refractivity contribution in [3.63, 3.8) is 0 Å². The van der Waals surface area contributed by atoms with Crippen molar-refractivity contribution in [1.82, 2.24) is 14.9 Å². The maximum absolute atomic E-state index is 13.2. The van der Waals surface area contributed by atoms with Crippen LogP contribution in [0.15, 0.2) is 43.0 Å². The van der Waals surface area contributed by atoms with Gasteiger partial charge in [0.15, 0.2) is 0 Å². The van der Waals surface area contributed by atoms with E-state index in [1.165, 1.54) is 6.07 Å². The van der Waals surface area contributed by atoms with Crippen LogP contribution < -0.4 is 5.32 Å². The molecule has 1 heterocycles. The van der Waals surface area contributed by atoms with E-state index >= 15 is 0 Å². The van der Waals surface area contributed by atoms with Crippen molar-refractivity contribution in [3.8, 4) is 0 Å². The fourth-order valence-electron chi connectivity index (χ4n) is 2.34. The zero-order valence-electron chi connectivity index (χ0n) is 11.9. The summed E-state index contributed by atoms with van der Waals surface area (Å²) in [5.41, 5.74) is 1.03. The van der Waals surface area contributed by atoms with Gasteiger partial charge in [-0.3, -0.25) is 0 Å². The Balaban J connectivity index is 1.71. The molecule has 0 saturated carbocycles. The number of aromatic nitrogens is 2. The Kier molecular flexibility index (Phi) is 5.74. The van der Waals surface area contributed by atoms with Crippen LogP contribution in [0.1, 0.15) is 37.8 Å². The first-order chi connectivity index (χ1) is 9.79. The van der Waals surface area contributed by atoms with Gasteiger partial charge in [0.25, 0.3) is 0 Å². The fourth-order valence-corrected chi connectivity index (χ4v) is 2.34. The molecule has 2 aromatic rings. The molecule has 1 aromatic carbocycles. The molecule has 4 heteroatoms. The molecule has 0 radical (unpaired) electrons. The highest BCUT2D eigenvalue weighted by atomic mass is 19.1. The van der Waals surface area contributed by atoms with E-state index in [0.29, 0.717) is 0 Å². The monoisotopic (exact) mass is 275 g/mol. The second kappa shape index (κ2) is 7.80. The van der Waals surface area contributed by atoms with Gasteiger partial charge >= 0.3 is 0 Å². The van der Waals surface area contributed by atoms with Gasteiger partial charge in [0.1, 0.15) is 5.82 Å². The molecule has 0 aliphatic carbocycles. The van der Waals surface area contributed by atoms with Gasteiger partial charge in [0, 0.05) is 25.0 Å².